The minimum Gasteiger partial charge on any atom is -0.319 e. The largest absolute Gasteiger partial charge is 0.319 e. The molecule has 0 spiro atoms. The van der Waals surface area contributed by atoms with E-state index in [1.807, 2.05) is 7.05 Å². The second kappa shape index (κ2) is 7.05. The van der Waals surface area contributed by atoms with Gasteiger partial charge in [0.2, 0.25) is 0 Å². The molecule has 1 nitrogen and oxygen atoms in total. The maximum Gasteiger partial charge on any atom is 0.0210 e. The molecule has 1 unspecified atom stereocenters. The van der Waals surface area contributed by atoms with Crippen molar-refractivity contribution in [1.82, 2.24) is 5.32 Å². The summed E-state index contributed by atoms with van der Waals surface area (Å²) >= 11 is 3.68. The lowest BCUT2D eigenvalue weighted by molar-refractivity contribution is 0.623. The molecule has 0 radical (unpaired) electrons. The van der Waals surface area contributed by atoms with E-state index in [0.717, 1.165) is 13.0 Å². The Morgan fingerprint density at radius 1 is 1.05 bits per heavy atom. The molecule has 20 heavy (non-hydrogen) atoms. The molecule has 0 amide bonds. The summed E-state index contributed by atoms with van der Waals surface area (Å²) in [4.78, 5) is 0. The van der Waals surface area contributed by atoms with Gasteiger partial charge in [0.1, 0.15) is 0 Å². The molecule has 2 heteroatoms. The molecule has 1 N–H and O–H groups in total. The molecule has 106 valence electrons. The smallest absolute Gasteiger partial charge is 0.0210 e. The summed E-state index contributed by atoms with van der Waals surface area (Å²) in [6.45, 7) is 5.33. The fraction of sp³-hybridized carbons (Fsp3) is 0.333. The van der Waals surface area contributed by atoms with Crippen LogP contribution in [0.5, 0.6) is 0 Å². The summed E-state index contributed by atoms with van der Waals surface area (Å²) in [5.41, 5.74) is 5.52. The van der Waals surface area contributed by atoms with Crippen LogP contribution in [0.4, 0.5) is 0 Å². The molecule has 0 aromatic heterocycles. The van der Waals surface area contributed by atoms with Gasteiger partial charge in [0.05, 0.1) is 0 Å². The quantitative estimate of drug-likeness (QED) is 0.843. The van der Waals surface area contributed by atoms with Crippen LogP contribution in [0.1, 0.15) is 28.2 Å². The second-order valence-electron chi connectivity index (χ2n) is 5.40. The third-order valence-corrected chi connectivity index (χ3v) is 4.57. The van der Waals surface area contributed by atoms with Gasteiger partial charge >= 0.3 is 0 Å². The molecule has 0 fully saturated rings. The number of hydrogen-bond acceptors (Lipinski definition) is 1. The minimum absolute atomic E-state index is 0.484. The van der Waals surface area contributed by atoms with Gasteiger partial charge in [0.15, 0.2) is 0 Å². The Morgan fingerprint density at radius 3 is 2.45 bits per heavy atom. The van der Waals surface area contributed by atoms with Crippen molar-refractivity contribution in [2.45, 2.75) is 26.2 Å². The third kappa shape index (κ3) is 3.71. The van der Waals surface area contributed by atoms with Crippen molar-refractivity contribution >= 4 is 15.9 Å². The second-order valence-corrected chi connectivity index (χ2v) is 6.25. The maximum atomic E-state index is 3.68. The number of benzene rings is 2. The van der Waals surface area contributed by atoms with Crippen molar-refractivity contribution in [3.8, 4) is 0 Å². The SMILES string of the molecule is CNCC(Cc1ccc(C)c(C)c1)c1ccccc1Br. The van der Waals surface area contributed by atoms with E-state index in [1.165, 1.54) is 26.7 Å². The summed E-state index contributed by atoms with van der Waals surface area (Å²) in [5, 5.41) is 3.32. The highest BCUT2D eigenvalue weighted by atomic mass is 79.9. The van der Waals surface area contributed by atoms with E-state index in [9.17, 15) is 0 Å². The Balaban J connectivity index is 2.25. The van der Waals surface area contributed by atoms with Crippen LogP contribution in [0.2, 0.25) is 0 Å². The highest BCUT2D eigenvalue weighted by Gasteiger charge is 2.14. The van der Waals surface area contributed by atoms with Crippen molar-refractivity contribution in [2.75, 3.05) is 13.6 Å². The van der Waals surface area contributed by atoms with Crippen LogP contribution in [0.15, 0.2) is 46.9 Å². The summed E-state index contributed by atoms with van der Waals surface area (Å²) < 4.78 is 1.20. The molecule has 0 saturated heterocycles. The molecule has 0 aliphatic rings. The van der Waals surface area contributed by atoms with Gasteiger partial charge in [-0.3, -0.25) is 0 Å². The monoisotopic (exact) mass is 331 g/mol. The molecular weight excluding hydrogens is 310 g/mol. The molecular formula is C18H22BrN. The first-order valence-electron chi connectivity index (χ1n) is 7.07. The van der Waals surface area contributed by atoms with E-state index in [4.69, 9.17) is 0 Å². The van der Waals surface area contributed by atoms with Crippen LogP contribution in [0.3, 0.4) is 0 Å². The van der Waals surface area contributed by atoms with Crippen molar-refractivity contribution < 1.29 is 0 Å². The summed E-state index contributed by atoms with van der Waals surface area (Å²) in [6, 6.07) is 15.3. The van der Waals surface area contributed by atoms with Gasteiger partial charge in [0, 0.05) is 16.9 Å². The molecule has 0 bridgehead atoms. The first kappa shape index (κ1) is 15.3. The lowest BCUT2D eigenvalue weighted by Crippen LogP contribution is -2.19. The Kier molecular flexibility index (Phi) is 5.38. The average Bonchev–Trinajstić information content (AvgIpc) is 2.43. The van der Waals surface area contributed by atoms with E-state index >= 15 is 0 Å². The zero-order valence-corrected chi connectivity index (χ0v) is 14.0. The van der Waals surface area contributed by atoms with Crippen molar-refractivity contribution in [3.63, 3.8) is 0 Å². The van der Waals surface area contributed by atoms with Crippen LogP contribution in [-0.2, 0) is 6.42 Å². The van der Waals surface area contributed by atoms with Crippen molar-refractivity contribution in [3.05, 3.63) is 69.2 Å². The molecule has 0 saturated carbocycles. The summed E-state index contributed by atoms with van der Waals surface area (Å²) in [5.74, 6) is 0.484. The zero-order chi connectivity index (χ0) is 14.5. The fourth-order valence-electron chi connectivity index (χ4n) is 2.56. The molecule has 0 aliphatic carbocycles. The van der Waals surface area contributed by atoms with Crippen LogP contribution >= 0.6 is 15.9 Å². The van der Waals surface area contributed by atoms with Crippen LogP contribution in [-0.4, -0.2) is 13.6 Å². The molecule has 2 aromatic rings. The van der Waals surface area contributed by atoms with Gasteiger partial charge in [-0.25, -0.2) is 0 Å². The number of hydrogen-bond donors (Lipinski definition) is 1. The first-order valence-corrected chi connectivity index (χ1v) is 7.86. The van der Waals surface area contributed by atoms with Gasteiger partial charge in [0.25, 0.3) is 0 Å². The maximum absolute atomic E-state index is 3.68. The lowest BCUT2D eigenvalue weighted by atomic mass is 9.91. The molecule has 0 aliphatic heterocycles. The molecule has 2 rings (SSSR count). The number of likely N-dealkylation sites (N-methyl/N-ethyl adjacent to an activating group) is 1. The van der Waals surface area contributed by atoms with Gasteiger partial charge in [-0.05, 0) is 55.6 Å². The highest BCUT2D eigenvalue weighted by molar-refractivity contribution is 9.10. The van der Waals surface area contributed by atoms with E-state index in [-0.39, 0.29) is 0 Å². The predicted molar refractivity (Wildman–Crippen MR) is 90.4 cm³/mol. The highest BCUT2D eigenvalue weighted by Crippen LogP contribution is 2.28. The van der Waals surface area contributed by atoms with E-state index in [2.05, 4.69) is 77.6 Å². The Bertz CT molecular complexity index is 577. The molecule has 1 atom stereocenters. The van der Waals surface area contributed by atoms with Gasteiger partial charge in [-0.15, -0.1) is 0 Å². The first-order chi connectivity index (χ1) is 9.61. The number of nitrogens with one attached hydrogen (secondary N) is 1. The van der Waals surface area contributed by atoms with Gasteiger partial charge in [-0.1, -0.05) is 52.3 Å². The van der Waals surface area contributed by atoms with E-state index in [0.29, 0.717) is 5.92 Å². The van der Waals surface area contributed by atoms with Gasteiger partial charge < -0.3 is 5.32 Å². The molecule has 2 aromatic carbocycles. The average molecular weight is 332 g/mol. The number of aryl methyl sites for hydroxylation is 2. The van der Waals surface area contributed by atoms with Crippen LogP contribution in [0.25, 0.3) is 0 Å². The van der Waals surface area contributed by atoms with Crippen molar-refractivity contribution in [2.24, 2.45) is 0 Å². The minimum atomic E-state index is 0.484. The fourth-order valence-corrected chi connectivity index (χ4v) is 3.17. The Morgan fingerprint density at radius 2 is 1.80 bits per heavy atom. The van der Waals surface area contributed by atoms with E-state index < -0.39 is 0 Å². The van der Waals surface area contributed by atoms with Crippen molar-refractivity contribution in [1.29, 1.82) is 0 Å². The zero-order valence-electron chi connectivity index (χ0n) is 12.4. The standard InChI is InChI=1S/C18H22BrN/c1-13-8-9-15(10-14(13)2)11-16(12-20-3)17-6-4-5-7-18(17)19/h4-10,16,20H,11-12H2,1-3H3. The third-order valence-electron chi connectivity index (χ3n) is 3.85. The van der Waals surface area contributed by atoms with E-state index in [1.54, 1.807) is 0 Å². The topological polar surface area (TPSA) is 12.0 Å². The van der Waals surface area contributed by atoms with Crippen LogP contribution in [0, 0.1) is 13.8 Å². The number of rotatable bonds is 5. The lowest BCUT2D eigenvalue weighted by Gasteiger charge is -2.19. The summed E-state index contributed by atoms with van der Waals surface area (Å²) in [7, 11) is 2.02. The van der Waals surface area contributed by atoms with Gasteiger partial charge in [-0.2, -0.15) is 0 Å². The Hall–Kier alpha value is -1.12. The summed E-state index contributed by atoms with van der Waals surface area (Å²) in [6.07, 6.45) is 1.06. The Labute approximate surface area is 130 Å². The van der Waals surface area contributed by atoms with Crippen LogP contribution < -0.4 is 5.32 Å². The normalized spacial score (nSPS) is 12.4. The molecule has 0 heterocycles. The predicted octanol–water partition coefficient (Wildman–Crippen LogP) is 4.61. The number of halogens is 1.